The van der Waals surface area contributed by atoms with Gasteiger partial charge in [0.05, 0.1) is 112 Å². The highest BCUT2D eigenvalue weighted by atomic mass is 127. The number of rotatable bonds is 18. The second kappa shape index (κ2) is 29.0. The normalized spacial score (nSPS) is 21.6. The van der Waals surface area contributed by atoms with Gasteiger partial charge < -0.3 is 113 Å². The number of nitrogens with one attached hydrogen (secondary N) is 2. The second-order valence-corrected chi connectivity index (χ2v) is 18.1. The number of likely N-dealkylation sites (tertiary alicyclic amines) is 2. The van der Waals surface area contributed by atoms with E-state index >= 15 is 0 Å². The maximum atomic E-state index is 13.0. The summed E-state index contributed by atoms with van der Waals surface area (Å²) in [5.74, 6) is 0.968. The van der Waals surface area contributed by atoms with Crippen molar-refractivity contribution in [1.82, 2.24) is 10.6 Å². The number of benzene rings is 4. The van der Waals surface area contributed by atoms with E-state index in [0.717, 1.165) is 73.9 Å². The van der Waals surface area contributed by atoms with E-state index in [9.17, 15) is 18.4 Å². The molecule has 0 aliphatic carbocycles. The smallest absolute Gasteiger partial charge is 0.255 e. The summed E-state index contributed by atoms with van der Waals surface area (Å²) in [5.41, 5.74) is 13.0. The summed E-state index contributed by atoms with van der Waals surface area (Å²) in [6.07, 6.45) is 2.96. The number of ether oxygens (including phenoxy) is 6. The van der Waals surface area contributed by atoms with Gasteiger partial charge in [-0.15, -0.1) is 0 Å². The van der Waals surface area contributed by atoms with Gasteiger partial charge in [0.25, 0.3) is 11.8 Å². The number of carbonyl (C=O) groups excluding carboxylic acids is 2. The lowest BCUT2D eigenvalue weighted by atomic mass is 9.98. The highest BCUT2D eigenvalue weighted by Crippen LogP contribution is 2.31. The van der Waals surface area contributed by atoms with Crippen molar-refractivity contribution in [1.29, 1.82) is 0 Å². The number of carbonyl (C=O) groups is 2. The number of anilines is 2. The van der Waals surface area contributed by atoms with Gasteiger partial charge in [-0.25, -0.2) is 8.78 Å². The Labute approximate surface area is 448 Å². The number of hydrogen-bond donors (Lipinski definition) is 4. The van der Waals surface area contributed by atoms with Crippen LogP contribution < -0.4 is 89.0 Å². The van der Waals surface area contributed by atoms with Crippen molar-refractivity contribution in [2.24, 2.45) is 0 Å². The van der Waals surface area contributed by atoms with E-state index in [1.54, 1.807) is 50.6 Å². The summed E-state index contributed by atoms with van der Waals surface area (Å²) in [6.45, 7) is 6.22. The fourth-order valence-electron chi connectivity index (χ4n) is 8.45. The molecule has 4 aromatic carbocycles. The quantitative estimate of drug-likeness (QED) is 0.0463. The molecule has 0 saturated carbocycles. The van der Waals surface area contributed by atoms with Crippen molar-refractivity contribution >= 4 is 46.4 Å². The van der Waals surface area contributed by atoms with Gasteiger partial charge in [0, 0.05) is 52.0 Å². The molecule has 69 heavy (non-hydrogen) atoms. The third kappa shape index (κ3) is 17.8. The van der Waals surface area contributed by atoms with Crippen LogP contribution in [0.25, 0.3) is 0 Å². The maximum absolute atomic E-state index is 13.0. The van der Waals surface area contributed by atoms with Crippen LogP contribution in [0.2, 0.25) is 10.0 Å². The summed E-state index contributed by atoms with van der Waals surface area (Å²) in [5, 5.41) is 6.77. The van der Waals surface area contributed by atoms with Crippen LogP contribution in [0.5, 0.6) is 23.0 Å². The number of amides is 2. The molecule has 6 unspecified atom stereocenters. The lowest BCUT2D eigenvalue weighted by Crippen LogP contribution is -3.00. The number of piperidine rings is 2. The minimum atomic E-state index is -0.279. The van der Waals surface area contributed by atoms with Gasteiger partial charge in [0.15, 0.2) is 0 Å². The molecule has 0 bridgehead atoms. The molecule has 4 aromatic rings. The van der Waals surface area contributed by atoms with Crippen LogP contribution in [-0.4, -0.2) is 146 Å². The maximum Gasteiger partial charge on any atom is 0.255 e. The molecular formula is C48H66Cl2F2I2N6O9. The van der Waals surface area contributed by atoms with Gasteiger partial charge in [0.2, 0.25) is 0 Å². The van der Waals surface area contributed by atoms with E-state index in [2.05, 4.69) is 24.7 Å². The Hall–Kier alpha value is -3.68. The number of hydrogen-bond acceptors (Lipinski definition) is 10. The molecular weight excluding hydrogens is 1170 g/mol. The molecule has 0 spiro atoms. The third-order valence-corrected chi connectivity index (χ3v) is 13.0. The van der Waals surface area contributed by atoms with E-state index in [-0.39, 0.29) is 101 Å². The van der Waals surface area contributed by atoms with Crippen molar-refractivity contribution in [3.63, 3.8) is 0 Å². The zero-order valence-electron chi connectivity index (χ0n) is 39.8. The molecule has 384 valence electrons. The monoisotopic (exact) mass is 1230 g/mol. The molecule has 21 heteroatoms. The fourth-order valence-corrected chi connectivity index (χ4v) is 8.78. The van der Waals surface area contributed by atoms with Gasteiger partial charge in [-0.2, -0.15) is 0 Å². The van der Waals surface area contributed by atoms with Crippen molar-refractivity contribution in [2.45, 2.75) is 50.0 Å². The number of nitrogens with zero attached hydrogens (tertiary/aromatic N) is 2. The van der Waals surface area contributed by atoms with Crippen LogP contribution in [0.15, 0.2) is 72.8 Å². The SMILES string of the molecule is COc1cc(N)c(Cl)cc1C(=O)NC1CC[N+](C)(CCCOc2ccc(F)cc2)CC1OC.COc1cc(N)c(Cl)cc1C(=O)NC1CC[N+](C)(CCCOc2ccc(F)cc2)CC1OC.O.[I-].[I-]. The van der Waals surface area contributed by atoms with E-state index < -0.39 is 0 Å². The molecule has 15 nitrogen and oxygen atoms in total. The van der Waals surface area contributed by atoms with Gasteiger partial charge in [-0.1, -0.05) is 23.2 Å². The molecule has 0 radical (unpaired) electrons. The highest BCUT2D eigenvalue weighted by Gasteiger charge is 2.40. The molecule has 2 amide bonds. The lowest BCUT2D eigenvalue weighted by molar-refractivity contribution is -0.917. The third-order valence-electron chi connectivity index (χ3n) is 12.3. The Bertz CT molecular complexity index is 2090. The number of likely N-dealkylation sites (N-methyl/N-ethyl adjacent to an activating group) is 2. The molecule has 0 aromatic heterocycles. The second-order valence-electron chi connectivity index (χ2n) is 17.2. The number of quaternary nitrogens is 2. The largest absolute Gasteiger partial charge is 1.00 e. The first-order valence-electron chi connectivity index (χ1n) is 21.9. The minimum Gasteiger partial charge on any atom is -1.00 e. The number of nitrogen functional groups attached to an aromatic ring is 2. The van der Waals surface area contributed by atoms with Crippen LogP contribution in [0, 0.1) is 11.6 Å². The molecule has 6 rings (SSSR count). The minimum absolute atomic E-state index is 0. The fraction of sp³-hybridized carbons (Fsp3) is 0.458. The predicted molar refractivity (Wildman–Crippen MR) is 256 cm³/mol. The first-order valence-corrected chi connectivity index (χ1v) is 22.6. The van der Waals surface area contributed by atoms with E-state index in [0.29, 0.717) is 68.8 Å². The van der Waals surface area contributed by atoms with Crippen LogP contribution in [-0.2, 0) is 9.47 Å². The first-order chi connectivity index (χ1) is 31.5. The first kappa shape index (κ1) is 61.4. The predicted octanol–water partition coefficient (Wildman–Crippen LogP) is 0.189. The van der Waals surface area contributed by atoms with Gasteiger partial charge in [-0.3, -0.25) is 9.59 Å². The summed E-state index contributed by atoms with van der Waals surface area (Å²) in [7, 11) is 10.7. The lowest BCUT2D eigenvalue weighted by Gasteiger charge is -2.44. The van der Waals surface area contributed by atoms with E-state index in [1.807, 2.05) is 0 Å². The molecule has 2 saturated heterocycles. The molecule has 2 heterocycles. The van der Waals surface area contributed by atoms with E-state index in [1.165, 1.54) is 50.6 Å². The number of methoxy groups -OCH3 is 4. The Kier molecular flexibility index (Phi) is 25.8. The summed E-state index contributed by atoms with van der Waals surface area (Å²) in [4.78, 5) is 25.9. The highest BCUT2D eigenvalue weighted by molar-refractivity contribution is 6.34. The van der Waals surface area contributed by atoms with Crippen molar-refractivity contribution in [3.8, 4) is 23.0 Å². The average molecular weight is 1230 g/mol. The molecule has 8 N–H and O–H groups in total. The van der Waals surface area contributed by atoms with Crippen LogP contribution >= 0.6 is 23.2 Å². The number of halogens is 6. The van der Waals surface area contributed by atoms with Crippen LogP contribution in [0.4, 0.5) is 20.2 Å². The summed E-state index contributed by atoms with van der Waals surface area (Å²) >= 11 is 12.2. The average Bonchev–Trinajstić information content (AvgIpc) is 3.30. The van der Waals surface area contributed by atoms with Crippen molar-refractivity contribution in [3.05, 3.63) is 106 Å². The molecule has 6 atom stereocenters. The molecule has 2 aliphatic heterocycles. The van der Waals surface area contributed by atoms with Gasteiger partial charge >= 0.3 is 0 Å². The summed E-state index contributed by atoms with van der Waals surface area (Å²) in [6, 6.07) is 17.9. The Morgan fingerprint density at radius 3 is 1.30 bits per heavy atom. The number of nitrogens with two attached hydrogens (primary N) is 2. The van der Waals surface area contributed by atoms with Crippen LogP contribution in [0.1, 0.15) is 46.4 Å². The molecule has 2 fully saturated rings. The standard InChI is InChI=1S/2C24H31ClFN3O4.2HI.H2O/c2*1-29(10-4-12-33-17-7-5-16(26)6-8-17)11-9-21(23(15-29)32-3)28-24(30)18-13-19(25)20(27)14-22(18)31-2;;;/h2*5-8,13-14,21,23H,4,9-12,15H2,1-3H3,(H2-,27,28,30);2*1H;1H2. The summed E-state index contributed by atoms with van der Waals surface area (Å²) < 4.78 is 61.2. The Balaban J connectivity index is 0.000000454. The van der Waals surface area contributed by atoms with Crippen LogP contribution in [0.3, 0.4) is 0 Å². The topological polar surface area (TPSA) is 197 Å². The van der Waals surface area contributed by atoms with Gasteiger partial charge in [0.1, 0.15) is 59.9 Å². The van der Waals surface area contributed by atoms with Gasteiger partial charge in [-0.05, 0) is 60.7 Å². The zero-order valence-corrected chi connectivity index (χ0v) is 45.6. The zero-order chi connectivity index (χ0) is 48.0. The Morgan fingerprint density at radius 1 is 0.638 bits per heavy atom. The van der Waals surface area contributed by atoms with E-state index in [4.69, 9.17) is 63.1 Å². The Morgan fingerprint density at radius 2 is 0.986 bits per heavy atom. The van der Waals surface area contributed by atoms with Crippen molar-refractivity contribution < 1.29 is 109 Å². The van der Waals surface area contributed by atoms with Crippen molar-refractivity contribution in [2.75, 3.05) is 106 Å². The molecule has 2 aliphatic rings.